The Morgan fingerprint density at radius 2 is 2.15 bits per heavy atom. The third kappa shape index (κ3) is 2.75. The van der Waals surface area contributed by atoms with Crippen molar-refractivity contribution in [3.8, 4) is 0 Å². The van der Waals surface area contributed by atoms with Crippen molar-refractivity contribution in [2.45, 2.75) is 44.8 Å². The zero-order valence-corrected chi connectivity index (χ0v) is 11.8. The second-order valence-corrected chi connectivity index (χ2v) is 5.58. The van der Waals surface area contributed by atoms with Crippen LogP contribution in [0, 0.1) is 5.92 Å². The number of aliphatic hydroxyl groups is 1. The summed E-state index contributed by atoms with van der Waals surface area (Å²) in [4.78, 5) is 5.90. The molecule has 0 saturated heterocycles. The van der Waals surface area contributed by atoms with E-state index in [9.17, 15) is 5.11 Å². The van der Waals surface area contributed by atoms with Crippen LogP contribution in [-0.2, 0) is 13.6 Å². The van der Waals surface area contributed by atoms with E-state index in [1.54, 1.807) is 24.2 Å². The number of aliphatic hydroxyl groups excluding tert-OH is 1. The zero-order chi connectivity index (χ0) is 13.9. The Labute approximate surface area is 118 Å². The van der Waals surface area contributed by atoms with Crippen molar-refractivity contribution < 1.29 is 5.11 Å². The highest BCUT2D eigenvalue weighted by atomic mass is 16.3. The van der Waals surface area contributed by atoms with Crippen LogP contribution in [0.3, 0.4) is 0 Å². The molecule has 1 atom stereocenters. The van der Waals surface area contributed by atoms with Gasteiger partial charge in [-0.15, -0.1) is 0 Å². The highest BCUT2D eigenvalue weighted by Crippen LogP contribution is 2.33. The topological polar surface area (TPSA) is 68.8 Å². The summed E-state index contributed by atoms with van der Waals surface area (Å²) in [5.74, 6) is 1.09. The van der Waals surface area contributed by atoms with Gasteiger partial charge in [0.15, 0.2) is 0 Å². The Balaban J connectivity index is 1.75. The van der Waals surface area contributed by atoms with Gasteiger partial charge in [-0.1, -0.05) is 19.3 Å². The van der Waals surface area contributed by atoms with E-state index in [4.69, 9.17) is 0 Å². The standard InChI is InChI=1S/C14H21N5O/c1-18-16-9-12(17-18)10-19-8-7-15-14(19)13(20)11-5-3-2-4-6-11/h7-9,11,13,20H,2-6,10H2,1H3. The quantitative estimate of drug-likeness (QED) is 0.921. The minimum absolute atomic E-state index is 0.340. The van der Waals surface area contributed by atoms with Crippen LogP contribution >= 0.6 is 0 Å². The highest BCUT2D eigenvalue weighted by molar-refractivity contribution is 5.03. The van der Waals surface area contributed by atoms with E-state index < -0.39 is 6.10 Å². The van der Waals surface area contributed by atoms with Gasteiger partial charge in [-0.25, -0.2) is 4.98 Å². The SMILES string of the molecule is Cn1ncc(Cn2ccnc2C(O)C2CCCCC2)n1. The maximum atomic E-state index is 10.6. The van der Waals surface area contributed by atoms with Crippen LogP contribution < -0.4 is 0 Å². The number of rotatable bonds is 4. The fraction of sp³-hybridized carbons (Fsp3) is 0.643. The van der Waals surface area contributed by atoms with Crippen molar-refractivity contribution in [1.82, 2.24) is 24.5 Å². The molecule has 3 rings (SSSR count). The maximum absolute atomic E-state index is 10.6. The molecule has 0 amide bonds. The van der Waals surface area contributed by atoms with E-state index in [2.05, 4.69) is 15.2 Å². The van der Waals surface area contributed by atoms with E-state index in [1.807, 2.05) is 10.8 Å². The molecule has 1 N–H and O–H groups in total. The molecule has 1 saturated carbocycles. The first-order valence-electron chi connectivity index (χ1n) is 7.28. The van der Waals surface area contributed by atoms with Crippen molar-refractivity contribution in [1.29, 1.82) is 0 Å². The third-order valence-electron chi connectivity index (χ3n) is 4.09. The monoisotopic (exact) mass is 275 g/mol. The lowest BCUT2D eigenvalue weighted by atomic mass is 9.85. The van der Waals surface area contributed by atoms with E-state index in [0.717, 1.165) is 24.4 Å². The van der Waals surface area contributed by atoms with Crippen LogP contribution in [0.4, 0.5) is 0 Å². The Bertz CT molecular complexity index is 555. The van der Waals surface area contributed by atoms with Gasteiger partial charge >= 0.3 is 0 Å². The molecule has 1 fully saturated rings. The lowest BCUT2D eigenvalue weighted by molar-refractivity contribution is 0.0743. The lowest BCUT2D eigenvalue weighted by Gasteiger charge is -2.26. The van der Waals surface area contributed by atoms with Gasteiger partial charge in [0.2, 0.25) is 0 Å². The minimum Gasteiger partial charge on any atom is -0.385 e. The fourth-order valence-corrected chi connectivity index (χ4v) is 3.02. The molecule has 20 heavy (non-hydrogen) atoms. The van der Waals surface area contributed by atoms with Gasteiger partial charge < -0.3 is 9.67 Å². The molecule has 6 nitrogen and oxygen atoms in total. The normalized spacial score (nSPS) is 18.3. The summed E-state index contributed by atoms with van der Waals surface area (Å²) < 4.78 is 1.98. The number of aryl methyl sites for hydroxylation is 1. The molecule has 0 aliphatic heterocycles. The first-order chi connectivity index (χ1) is 9.74. The van der Waals surface area contributed by atoms with Crippen molar-refractivity contribution in [2.75, 3.05) is 0 Å². The van der Waals surface area contributed by atoms with Crippen LogP contribution in [0.2, 0.25) is 0 Å². The van der Waals surface area contributed by atoms with Crippen LogP contribution in [0.1, 0.15) is 49.7 Å². The number of nitrogens with zero attached hydrogens (tertiary/aromatic N) is 5. The summed E-state index contributed by atoms with van der Waals surface area (Å²) in [5.41, 5.74) is 0.877. The molecule has 2 heterocycles. The average molecular weight is 275 g/mol. The molecule has 0 bridgehead atoms. The number of hydrogen-bond acceptors (Lipinski definition) is 4. The van der Waals surface area contributed by atoms with Gasteiger partial charge in [0.1, 0.15) is 17.6 Å². The minimum atomic E-state index is -0.470. The maximum Gasteiger partial charge on any atom is 0.138 e. The lowest BCUT2D eigenvalue weighted by Crippen LogP contribution is -2.20. The second kappa shape index (κ2) is 5.75. The van der Waals surface area contributed by atoms with Crippen molar-refractivity contribution >= 4 is 0 Å². The first kappa shape index (κ1) is 13.3. The molecular weight excluding hydrogens is 254 g/mol. The van der Waals surface area contributed by atoms with E-state index in [-0.39, 0.29) is 0 Å². The van der Waals surface area contributed by atoms with Crippen molar-refractivity contribution in [3.05, 3.63) is 30.1 Å². The van der Waals surface area contributed by atoms with E-state index in [1.165, 1.54) is 19.3 Å². The molecule has 2 aromatic rings. The summed E-state index contributed by atoms with van der Waals surface area (Å²) in [6.07, 6.45) is 10.8. The van der Waals surface area contributed by atoms with E-state index in [0.29, 0.717) is 12.5 Å². The number of hydrogen-bond donors (Lipinski definition) is 1. The Kier molecular flexibility index (Phi) is 3.82. The largest absolute Gasteiger partial charge is 0.385 e. The molecule has 0 radical (unpaired) electrons. The molecule has 0 spiro atoms. The third-order valence-corrected chi connectivity index (χ3v) is 4.09. The molecule has 108 valence electrons. The van der Waals surface area contributed by atoms with Gasteiger partial charge in [0.05, 0.1) is 12.7 Å². The molecule has 2 aromatic heterocycles. The molecule has 1 aliphatic carbocycles. The highest BCUT2D eigenvalue weighted by Gasteiger charge is 2.26. The van der Waals surface area contributed by atoms with Crippen LogP contribution in [-0.4, -0.2) is 29.7 Å². The van der Waals surface area contributed by atoms with Gasteiger partial charge in [-0.05, 0) is 18.8 Å². The average Bonchev–Trinajstić information content (AvgIpc) is 3.09. The van der Waals surface area contributed by atoms with Gasteiger partial charge in [-0.3, -0.25) is 0 Å². The predicted octanol–water partition coefficient (Wildman–Crippen LogP) is 1.67. The fourth-order valence-electron chi connectivity index (χ4n) is 3.02. The van der Waals surface area contributed by atoms with Crippen LogP contribution in [0.15, 0.2) is 18.6 Å². The van der Waals surface area contributed by atoms with Crippen LogP contribution in [0.5, 0.6) is 0 Å². The van der Waals surface area contributed by atoms with Gasteiger partial charge in [-0.2, -0.15) is 15.0 Å². The summed E-state index contributed by atoms with van der Waals surface area (Å²) >= 11 is 0. The second-order valence-electron chi connectivity index (χ2n) is 5.58. The number of aromatic nitrogens is 5. The zero-order valence-electron chi connectivity index (χ0n) is 11.8. The molecule has 0 aromatic carbocycles. The van der Waals surface area contributed by atoms with Gasteiger partial charge in [0.25, 0.3) is 0 Å². The first-order valence-corrected chi connectivity index (χ1v) is 7.28. The smallest absolute Gasteiger partial charge is 0.138 e. The summed E-state index contributed by atoms with van der Waals surface area (Å²) in [6, 6.07) is 0. The summed E-state index contributed by atoms with van der Waals surface area (Å²) in [7, 11) is 1.80. The Hall–Kier alpha value is -1.69. The molecule has 1 aliphatic rings. The molecular formula is C14H21N5O. The van der Waals surface area contributed by atoms with Crippen LogP contribution in [0.25, 0.3) is 0 Å². The van der Waals surface area contributed by atoms with E-state index >= 15 is 0 Å². The summed E-state index contributed by atoms with van der Waals surface area (Å²) in [6.45, 7) is 0.604. The van der Waals surface area contributed by atoms with Crippen molar-refractivity contribution in [3.63, 3.8) is 0 Å². The number of imidazole rings is 1. The summed E-state index contributed by atoms with van der Waals surface area (Å²) in [5, 5.41) is 18.9. The Morgan fingerprint density at radius 3 is 2.85 bits per heavy atom. The molecule has 6 heteroatoms. The predicted molar refractivity (Wildman–Crippen MR) is 73.9 cm³/mol. The van der Waals surface area contributed by atoms with Crippen molar-refractivity contribution in [2.24, 2.45) is 13.0 Å². The Morgan fingerprint density at radius 1 is 1.35 bits per heavy atom. The van der Waals surface area contributed by atoms with Gasteiger partial charge in [0, 0.05) is 19.4 Å². The molecule has 1 unspecified atom stereocenters.